The van der Waals surface area contributed by atoms with Crippen LogP contribution >= 0.6 is 0 Å². The average Bonchev–Trinajstić information content (AvgIpc) is 3.42. The lowest BCUT2D eigenvalue weighted by atomic mass is 9.93. The fraction of sp³-hybridized carbons (Fsp3) is 0.333. The Balaban J connectivity index is 0.969. The SMILES string of the molecule is NCCOc1cc(-c2cccc3cccnc23)cnc1N1CCC(CC(=O)Nc2ccc3c(c2)CN(C2CCC(=O)NC2=O)C3=O)CC1. The molecule has 0 radical (unpaired) electrons. The van der Waals surface area contributed by atoms with E-state index in [4.69, 9.17) is 15.5 Å². The van der Waals surface area contributed by atoms with Crippen LogP contribution in [0.15, 0.2) is 67.0 Å². The molecule has 12 heteroatoms. The van der Waals surface area contributed by atoms with Crippen LogP contribution in [0.5, 0.6) is 5.75 Å². The summed E-state index contributed by atoms with van der Waals surface area (Å²) in [4.78, 5) is 63.1. The van der Waals surface area contributed by atoms with E-state index in [9.17, 15) is 19.2 Å². The molecule has 246 valence electrons. The van der Waals surface area contributed by atoms with Gasteiger partial charge in [-0.2, -0.15) is 0 Å². The molecule has 1 atom stereocenters. The summed E-state index contributed by atoms with van der Waals surface area (Å²) >= 11 is 0. The quantitative estimate of drug-likeness (QED) is 0.231. The number of pyridine rings is 2. The van der Waals surface area contributed by atoms with Gasteiger partial charge in [-0.15, -0.1) is 0 Å². The van der Waals surface area contributed by atoms with E-state index in [-0.39, 0.29) is 36.6 Å². The number of carbonyl (C=O) groups excluding carboxylic acids is 4. The number of aromatic nitrogens is 2. The van der Waals surface area contributed by atoms with Gasteiger partial charge in [-0.25, -0.2) is 4.98 Å². The van der Waals surface area contributed by atoms with Crippen LogP contribution in [0.3, 0.4) is 0 Å². The topological polar surface area (TPSA) is 160 Å². The van der Waals surface area contributed by atoms with Crippen molar-refractivity contribution in [3.8, 4) is 16.9 Å². The lowest BCUT2D eigenvalue weighted by Gasteiger charge is -2.33. The molecule has 48 heavy (non-hydrogen) atoms. The lowest BCUT2D eigenvalue weighted by Crippen LogP contribution is -2.52. The van der Waals surface area contributed by atoms with E-state index in [1.54, 1.807) is 24.4 Å². The molecule has 0 bridgehead atoms. The molecule has 2 aromatic carbocycles. The number of nitrogens with two attached hydrogens (primary N) is 1. The second-order valence-electron chi connectivity index (χ2n) is 12.5. The maximum atomic E-state index is 13.1. The smallest absolute Gasteiger partial charge is 0.255 e. The van der Waals surface area contributed by atoms with Crippen molar-refractivity contribution in [3.63, 3.8) is 0 Å². The van der Waals surface area contributed by atoms with Crippen LogP contribution in [0.1, 0.15) is 48.0 Å². The number of rotatable bonds is 9. The predicted octanol–water partition coefficient (Wildman–Crippen LogP) is 3.64. The van der Waals surface area contributed by atoms with Gasteiger partial charge >= 0.3 is 0 Å². The van der Waals surface area contributed by atoms with Crippen LogP contribution < -0.4 is 26.0 Å². The first-order valence-corrected chi connectivity index (χ1v) is 16.4. The van der Waals surface area contributed by atoms with Crippen molar-refractivity contribution in [1.29, 1.82) is 0 Å². The second kappa shape index (κ2) is 13.4. The molecule has 3 aliphatic heterocycles. The average molecular weight is 648 g/mol. The van der Waals surface area contributed by atoms with Crippen LogP contribution in [0.4, 0.5) is 11.5 Å². The van der Waals surface area contributed by atoms with Crippen molar-refractivity contribution in [2.75, 3.05) is 36.5 Å². The molecular weight excluding hydrogens is 610 g/mol. The fourth-order valence-corrected chi connectivity index (χ4v) is 6.91. The molecule has 4 amide bonds. The first kappa shape index (κ1) is 31.3. The van der Waals surface area contributed by atoms with Gasteiger partial charge < -0.3 is 25.6 Å². The van der Waals surface area contributed by atoms with Crippen molar-refractivity contribution in [2.24, 2.45) is 11.7 Å². The van der Waals surface area contributed by atoms with Gasteiger partial charge in [0.15, 0.2) is 11.6 Å². The number of nitrogens with zero attached hydrogens (tertiary/aromatic N) is 4. The second-order valence-corrected chi connectivity index (χ2v) is 12.5. The molecule has 2 aromatic heterocycles. The molecular formula is C36H37N7O5. The molecule has 3 aliphatic rings. The lowest BCUT2D eigenvalue weighted by molar-refractivity contribution is -0.137. The molecule has 5 heterocycles. The van der Waals surface area contributed by atoms with Gasteiger partial charge in [0.2, 0.25) is 17.7 Å². The highest BCUT2D eigenvalue weighted by molar-refractivity contribution is 6.05. The maximum Gasteiger partial charge on any atom is 0.255 e. The van der Waals surface area contributed by atoms with E-state index >= 15 is 0 Å². The summed E-state index contributed by atoms with van der Waals surface area (Å²) in [7, 11) is 0. The zero-order valence-corrected chi connectivity index (χ0v) is 26.5. The zero-order valence-electron chi connectivity index (χ0n) is 26.5. The predicted molar refractivity (Wildman–Crippen MR) is 180 cm³/mol. The Morgan fingerprint density at radius 2 is 1.83 bits per heavy atom. The van der Waals surface area contributed by atoms with Crippen molar-refractivity contribution < 1.29 is 23.9 Å². The molecule has 2 saturated heterocycles. The van der Waals surface area contributed by atoms with Crippen molar-refractivity contribution >= 4 is 46.0 Å². The summed E-state index contributed by atoms with van der Waals surface area (Å²) < 4.78 is 6.09. The number of hydrogen-bond acceptors (Lipinski definition) is 9. The number of anilines is 2. The van der Waals surface area contributed by atoms with Crippen LogP contribution in [-0.2, 0) is 20.9 Å². The van der Waals surface area contributed by atoms with Crippen LogP contribution in [-0.4, -0.2) is 70.8 Å². The first-order valence-electron chi connectivity index (χ1n) is 16.4. The minimum Gasteiger partial charge on any atom is -0.488 e. The Labute approximate surface area is 277 Å². The molecule has 4 aromatic rings. The van der Waals surface area contributed by atoms with E-state index in [1.807, 2.05) is 42.6 Å². The summed E-state index contributed by atoms with van der Waals surface area (Å²) in [5.74, 6) is 0.551. The van der Waals surface area contributed by atoms with Gasteiger partial charge in [-0.3, -0.25) is 29.5 Å². The molecule has 4 N–H and O–H groups in total. The normalized spacial score (nSPS) is 18.2. The van der Waals surface area contributed by atoms with Gasteiger partial charge in [0.05, 0.1) is 5.52 Å². The third kappa shape index (κ3) is 6.30. The van der Waals surface area contributed by atoms with E-state index in [2.05, 4.69) is 20.5 Å². The van der Waals surface area contributed by atoms with E-state index in [0.29, 0.717) is 43.0 Å². The highest BCUT2D eigenvalue weighted by Gasteiger charge is 2.39. The maximum absolute atomic E-state index is 13.1. The molecule has 12 nitrogen and oxygen atoms in total. The van der Waals surface area contributed by atoms with Crippen LogP contribution in [0, 0.1) is 5.92 Å². The minimum absolute atomic E-state index is 0.0853. The Kier molecular flexibility index (Phi) is 8.72. The number of carbonyl (C=O) groups is 4. The number of fused-ring (bicyclic) bond motifs is 2. The summed E-state index contributed by atoms with van der Waals surface area (Å²) in [6.45, 7) is 2.48. The Hall–Kier alpha value is -5.36. The van der Waals surface area contributed by atoms with Gasteiger partial charge in [0.25, 0.3) is 5.91 Å². The molecule has 0 aliphatic carbocycles. The standard InChI is InChI=1S/C36H37N7O5/c37-12-16-48-30-19-24(27-5-1-3-23-4-2-13-38-33(23)27)20-39-34(30)42-14-10-22(11-15-42)17-32(45)40-26-6-7-28-25(18-26)21-43(36(28)47)29-8-9-31(44)41-35(29)46/h1-7,13,18-20,22,29H,8-12,14-17,21,37H2,(H,40,45)(H,41,44,46). The fourth-order valence-electron chi connectivity index (χ4n) is 6.91. The van der Waals surface area contributed by atoms with Gasteiger partial charge in [0, 0.05) is 79.2 Å². The monoisotopic (exact) mass is 647 g/mol. The summed E-state index contributed by atoms with van der Waals surface area (Å²) in [5.41, 5.74) is 10.5. The molecule has 0 spiro atoms. The van der Waals surface area contributed by atoms with E-state index < -0.39 is 11.9 Å². The number of ether oxygens (including phenoxy) is 1. The zero-order chi connectivity index (χ0) is 33.2. The summed E-state index contributed by atoms with van der Waals surface area (Å²) in [5, 5.41) is 6.37. The summed E-state index contributed by atoms with van der Waals surface area (Å²) in [6, 6.07) is 16.6. The Morgan fingerprint density at radius 3 is 2.65 bits per heavy atom. The highest BCUT2D eigenvalue weighted by Crippen LogP contribution is 2.36. The first-order chi connectivity index (χ1) is 23.4. The number of benzene rings is 2. The number of amides is 4. The van der Waals surface area contributed by atoms with E-state index in [1.165, 1.54) is 4.90 Å². The molecule has 7 rings (SSSR count). The third-order valence-corrected chi connectivity index (χ3v) is 9.35. The number of para-hydroxylation sites is 1. The van der Waals surface area contributed by atoms with Gasteiger partial charge in [0.1, 0.15) is 12.6 Å². The van der Waals surface area contributed by atoms with Gasteiger partial charge in [-0.1, -0.05) is 24.3 Å². The summed E-state index contributed by atoms with van der Waals surface area (Å²) in [6.07, 6.45) is 6.17. The van der Waals surface area contributed by atoms with Crippen molar-refractivity contribution in [1.82, 2.24) is 20.2 Å². The van der Waals surface area contributed by atoms with Crippen LogP contribution in [0.2, 0.25) is 0 Å². The largest absolute Gasteiger partial charge is 0.488 e. The van der Waals surface area contributed by atoms with Crippen molar-refractivity contribution in [2.45, 2.75) is 44.7 Å². The number of imide groups is 1. The third-order valence-electron chi connectivity index (χ3n) is 9.35. The minimum atomic E-state index is -0.676. The Bertz CT molecular complexity index is 1900. The van der Waals surface area contributed by atoms with Crippen molar-refractivity contribution in [3.05, 3.63) is 78.1 Å². The number of hydrogen-bond donors (Lipinski definition) is 3. The van der Waals surface area contributed by atoms with Crippen LogP contribution in [0.25, 0.3) is 22.0 Å². The number of piperidine rings is 2. The van der Waals surface area contributed by atoms with E-state index in [0.717, 1.165) is 59.3 Å². The van der Waals surface area contributed by atoms with Gasteiger partial charge in [-0.05, 0) is 61.1 Å². The molecule has 0 saturated carbocycles. The highest BCUT2D eigenvalue weighted by atomic mass is 16.5. The molecule has 2 fully saturated rings. The molecule has 1 unspecified atom stereocenters. The Morgan fingerprint density at radius 1 is 1.00 bits per heavy atom. The number of nitrogens with one attached hydrogen (secondary N) is 2.